The number of likely N-dealkylation sites (tertiary alicyclic amines) is 1. The molecule has 34 heavy (non-hydrogen) atoms. The first-order valence-corrected chi connectivity index (χ1v) is 12.2. The third-order valence-electron chi connectivity index (χ3n) is 7.91. The number of methoxy groups -OCH3 is 1. The maximum Gasteiger partial charge on any atom is 0.222 e. The molecule has 1 saturated heterocycles. The highest BCUT2D eigenvalue weighted by Crippen LogP contribution is 2.50. The fourth-order valence-electron chi connectivity index (χ4n) is 6.12. The predicted molar refractivity (Wildman–Crippen MR) is 132 cm³/mol. The summed E-state index contributed by atoms with van der Waals surface area (Å²) in [5, 5.41) is 11.7. The lowest BCUT2D eigenvalue weighted by Crippen LogP contribution is -2.55. The van der Waals surface area contributed by atoms with E-state index in [1.165, 1.54) is 16.5 Å². The van der Waals surface area contributed by atoms with E-state index in [4.69, 9.17) is 4.74 Å². The first-order chi connectivity index (χ1) is 16.5. The molecule has 0 radical (unpaired) electrons. The second-order valence-electron chi connectivity index (χ2n) is 9.69. The van der Waals surface area contributed by atoms with Crippen LogP contribution in [0.5, 0.6) is 5.75 Å². The number of nitrogens with zero attached hydrogens (tertiary/aromatic N) is 4. The van der Waals surface area contributed by atoms with Gasteiger partial charge in [0.1, 0.15) is 5.75 Å². The number of pyridine rings is 1. The monoisotopic (exact) mass is 462 g/mol. The van der Waals surface area contributed by atoms with E-state index < -0.39 is 0 Å². The molecular formula is C27H34N4O3. The van der Waals surface area contributed by atoms with Crippen molar-refractivity contribution in [3.63, 3.8) is 0 Å². The number of amides is 1. The molecule has 2 aliphatic heterocycles. The van der Waals surface area contributed by atoms with Crippen LogP contribution in [-0.4, -0.2) is 63.7 Å². The van der Waals surface area contributed by atoms with Gasteiger partial charge in [0.15, 0.2) is 0 Å². The molecule has 0 saturated carbocycles. The normalized spacial score (nSPS) is 20.0. The lowest BCUT2D eigenvalue weighted by molar-refractivity contribution is -0.137. The number of hydrogen-bond donors (Lipinski definition) is 1. The zero-order valence-electron chi connectivity index (χ0n) is 20.3. The molecule has 3 aromatic rings. The summed E-state index contributed by atoms with van der Waals surface area (Å²) in [6, 6.07) is 10.1. The Kier molecular flexibility index (Phi) is 6.08. The highest BCUT2D eigenvalue weighted by molar-refractivity contribution is 5.89. The van der Waals surface area contributed by atoms with Crippen molar-refractivity contribution in [1.82, 2.24) is 19.4 Å². The summed E-state index contributed by atoms with van der Waals surface area (Å²) in [5.74, 6) is 0.917. The number of aliphatic hydroxyl groups is 1. The van der Waals surface area contributed by atoms with Crippen molar-refractivity contribution in [2.45, 2.75) is 44.2 Å². The Bertz CT molecular complexity index is 1180. The van der Waals surface area contributed by atoms with Gasteiger partial charge in [-0.3, -0.25) is 14.7 Å². The van der Waals surface area contributed by atoms with Gasteiger partial charge in [0, 0.05) is 61.5 Å². The molecule has 0 aliphatic carbocycles. The van der Waals surface area contributed by atoms with Crippen molar-refractivity contribution < 1.29 is 14.6 Å². The van der Waals surface area contributed by atoms with Crippen molar-refractivity contribution in [1.29, 1.82) is 0 Å². The summed E-state index contributed by atoms with van der Waals surface area (Å²) >= 11 is 0. The summed E-state index contributed by atoms with van der Waals surface area (Å²) in [4.78, 5) is 21.6. The number of carbonyl (C=O) groups is 1. The topological polar surface area (TPSA) is 70.8 Å². The number of benzene rings is 1. The van der Waals surface area contributed by atoms with Crippen LogP contribution in [0, 0.1) is 0 Å². The molecular weight excluding hydrogens is 428 g/mol. The second kappa shape index (κ2) is 9.04. The molecule has 7 heteroatoms. The Morgan fingerprint density at radius 3 is 2.59 bits per heavy atom. The summed E-state index contributed by atoms with van der Waals surface area (Å²) in [5.41, 5.74) is 4.62. The Labute approximate surface area is 200 Å². The molecule has 4 heterocycles. The third-order valence-corrected chi connectivity index (χ3v) is 7.91. The second-order valence-corrected chi connectivity index (χ2v) is 9.69. The largest absolute Gasteiger partial charge is 0.497 e. The Morgan fingerprint density at radius 2 is 1.94 bits per heavy atom. The average molecular weight is 463 g/mol. The van der Waals surface area contributed by atoms with E-state index in [0.29, 0.717) is 13.0 Å². The van der Waals surface area contributed by atoms with Crippen molar-refractivity contribution in [3.05, 3.63) is 59.5 Å². The quantitative estimate of drug-likeness (QED) is 0.629. The van der Waals surface area contributed by atoms with Crippen LogP contribution < -0.4 is 4.74 Å². The molecule has 2 aliphatic rings. The molecule has 1 spiro atoms. The lowest BCUT2D eigenvalue weighted by Gasteiger charge is -2.50. The summed E-state index contributed by atoms with van der Waals surface area (Å²) < 4.78 is 7.68. The number of aromatic nitrogens is 2. The van der Waals surface area contributed by atoms with Gasteiger partial charge in [0.05, 0.1) is 25.3 Å². The van der Waals surface area contributed by atoms with Crippen LogP contribution in [-0.2, 0) is 23.8 Å². The van der Waals surface area contributed by atoms with Gasteiger partial charge in [0.25, 0.3) is 0 Å². The molecule has 1 amide bonds. The molecule has 1 aromatic carbocycles. The number of rotatable bonds is 5. The summed E-state index contributed by atoms with van der Waals surface area (Å²) in [6.45, 7) is 5.33. The first-order valence-electron chi connectivity index (χ1n) is 12.2. The maximum absolute atomic E-state index is 13.1. The molecule has 1 atom stereocenters. The smallest absolute Gasteiger partial charge is 0.222 e. The summed E-state index contributed by atoms with van der Waals surface area (Å²) in [6.07, 6.45) is 6.08. The van der Waals surface area contributed by atoms with E-state index in [0.717, 1.165) is 49.4 Å². The standard InChI is InChI=1S/C27H34N4O3/c1-4-24(33)31-18-27(9-13-30(14-10-27)16-19-7-11-28-12-8-19)25-21-6-5-20(34-3)15-22(21)29(2)26(25)23(31)17-32/h5-8,11-12,15,23,32H,4,9-10,13-14,16-18H2,1-3H3/t23-/m0/s1. The third kappa shape index (κ3) is 3.67. The maximum atomic E-state index is 13.1. The Morgan fingerprint density at radius 1 is 1.21 bits per heavy atom. The van der Waals surface area contributed by atoms with Crippen molar-refractivity contribution in [2.75, 3.05) is 33.4 Å². The van der Waals surface area contributed by atoms with Crippen molar-refractivity contribution in [3.8, 4) is 5.75 Å². The zero-order chi connectivity index (χ0) is 23.9. The number of ether oxygens (including phenoxy) is 1. The van der Waals surface area contributed by atoms with Gasteiger partial charge in [-0.2, -0.15) is 0 Å². The molecule has 0 bridgehead atoms. The average Bonchev–Trinajstić information content (AvgIpc) is 3.18. The minimum Gasteiger partial charge on any atom is -0.497 e. The van der Waals surface area contributed by atoms with Crippen LogP contribution in [0.3, 0.4) is 0 Å². The van der Waals surface area contributed by atoms with E-state index in [1.807, 2.05) is 30.3 Å². The van der Waals surface area contributed by atoms with Crippen LogP contribution >= 0.6 is 0 Å². The van der Waals surface area contributed by atoms with Gasteiger partial charge in [-0.1, -0.05) is 6.92 Å². The molecule has 5 rings (SSSR count). The van der Waals surface area contributed by atoms with Gasteiger partial charge in [-0.25, -0.2) is 0 Å². The molecule has 1 fully saturated rings. The van der Waals surface area contributed by atoms with E-state index in [-0.39, 0.29) is 24.0 Å². The molecule has 1 N–H and O–H groups in total. The number of piperidine rings is 1. The van der Waals surface area contributed by atoms with Crippen LogP contribution in [0.4, 0.5) is 0 Å². The highest BCUT2D eigenvalue weighted by Gasteiger charge is 2.49. The van der Waals surface area contributed by atoms with Gasteiger partial charge in [0.2, 0.25) is 5.91 Å². The number of aryl methyl sites for hydroxylation is 1. The van der Waals surface area contributed by atoms with Crippen LogP contribution in [0.2, 0.25) is 0 Å². The Balaban J connectivity index is 1.58. The zero-order valence-corrected chi connectivity index (χ0v) is 20.3. The van der Waals surface area contributed by atoms with E-state index in [9.17, 15) is 9.90 Å². The summed E-state index contributed by atoms with van der Waals surface area (Å²) in [7, 11) is 3.73. The highest BCUT2D eigenvalue weighted by atomic mass is 16.5. The van der Waals surface area contributed by atoms with Gasteiger partial charge in [-0.15, -0.1) is 0 Å². The molecule has 180 valence electrons. The van der Waals surface area contributed by atoms with Gasteiger partial charge >= 0.3 is 0 Å². The lowest BCUT2D eigenvalue weighted by atomic mass is 9.68. The number of fused-ring (bicyclic) bond motifs is 4. The van der Waals surface area contributed by atoms with Crippen LogP contribution in [0.15, 0.2) is 42.7 Å². The molecule has 7 nitrogen and oxygen atoms in total. The van der Waals surface area contributed by atoms with Gasteiger partial charge in [-0.05, 0) is 61.3 Å². The van der Waals surface area contributed by atoms with Crippen LogP contribution in [0.25, 0.3) is 10.9 Å². The van der Waals surface area contributed by atoms with E-state index >= 15 is 0 Å². The van der Waals surface area contributed by atoms with Crippen molar-refractivity contribution in [2.24, 2.45) is 7.05 Å². The first kappa shape index (κ1) is 22.9. The Hall–Kier alpha value is -2.90. The molecule has 0 unspecified atom stereocenters. The number of carbonyl (C=O) groups excluding carboxylic acids is 1. The fraction of sp³-hybridized carbons (Fsp3) is 0.481. The fourth-order valence-corrected chi connectivity index (χ4v) is 6.12. The van der Waals surface area contributed by atoms with E-state index in [1.54, 1.807) is 7.11 Å². The number of aliphatic hydroxyl groups excluding tert-OH is 1. The minimum atomic E-state index is -0.327. The number of hydrogen-bond acceptors (Lipinski definition) is 5. The molecule has 2 aromatic heterocycles. The van der Waals surface area contributed by atoms with Gasteiger partial charge < -0.3 is 19.3 Å². The van der Waals surface area contributed by atoms with Crippen LogP contribution in [0.1, 0.15) is 49.0 Å². The predicted octanol–water partition coefficient (Wildman–Crippen LogP) is 3.40. The SMILES string of the molecule is CCC(=O)N1CC2(CCN(Cc3ccncc3)CC2)c2c(n(C)c3cc(OC)ccc23)[C@@H]1CO. The minimum absolute atomic E-state index is 0.0791. The van der Waals surface area contributed by atoms with Crippen molar-refractivity contribution >= 4 is 16.8 Å². The van der Waals surface area contributed by atoms with E-state index in [2.05, 4.69) is 45.8 Å².